The maximum absolute atomic E-state index is 13.7. The number of thioether (sulfide) groups is 1. The third kappa shape index (κ3) is 5.19. The summed E-state index contributed by atoms with van der Waals surface area (Å²) in [6.07, 6.45) is 3.94. The van der Waals surface area contributed by atoms with Gasteiger partial charge in [0.2, 0.25) is 11.8 Å². The zero-order valence-corrected chi connectivity index (χ0v) is 15.0. The van der Waals surface area contributed by atoms with E-state index in [0.29, 0.717) is 24.2 Å². The second kappa shape index (κ2) is 8.67. The molecule has 0 saturated carbocycles. The molecule has 2 aliphatic rings. The highest BCUT2D eigenvalue weighted by Crippen LogP contribution is 2.21. The highest BCUT2D eigenvalue weighted by atomic mass is 32.2. The van der Waals surface area contributed by atoms with E-state index in [1.807, 2.05) is 4.90 Å². The summed E-state index contributed by atoms with van der Waals surface area (Å²) in [5, 5.41) is 6.16. The van der Waals surface area contributed by atoms with Crippen LogP contribution in [0.25, 0.3) is 0 Å². The molecular weight excluding hydrogens is 341 g/mol. The number of piperidine rings is 1. The minimum atomic E-state index is -0.306. The Bertz CT molecular complexity index is 622. The monoisotopic (exact) mass is 365 g/mol. The number of benzene rings is 1. The lowest BCUT2D eigenvalue weighted by molar-refractivity contribution is -0.133. The van der Waals surface area contributed by atoms with Crippen LogP contribution in [-0.4, -0.2) is 41.3 Å². The lowest BCUT2D eigenvalue weighted by Crippen LogP contribution is -2.56. The predicted octanol–water partition coefficient (Wildman–Crippen LogP) is 2.22. The van der Waals surface area contributed by atoms with Crippen LogP contribution in [0.1, 0.15) is 37.7 Å². The molecule has 1 aromatic rings. The fourth-order valence-electron chi connectivity index (χ4n) is 3.24. The first kappa shape index (κ1) is 18.2. The second-order valence-electron chi connectivity index (χ2n) is 6.56. The van der Waals surface area contributed by atoms with E-state index in [0.717, 1.165) is 25.9 Å². The van der Waals surface area contributed by atoms with Gasteiger partial charge in [0.05, 0.1) is 0 Å². The van der Waals surface area contributed by atoms with E-state index in [-0.39, 0.29) is 29.2 Å². The maximum Gasteiger partial charge on any atom is 0.224 e. The largest absolute Gasteiger partial charge is 0.343 e. The normalized spacial score (nSPS) is 24.0. The molecule has 2 heterocycles. The van der Waals surface area contributed by atoms with E-state index in [1.54, 1.807) is 18.2 Å². The molecule has 25 heavy (non-hydrogen) atoms. The van der Waals surface area contributed by atoms with Crippen molar-refractivity contribution >= 4 is 23.6 Å². The zero-order valence-electron chi connectivity index (χ0n) is 14.2. The molecule has 0 radical (unpaired) electrons. The van der Waals surface area contributed by atoms with Crippen molar-refractivity contribution in [2.24, 2.45) is 0 Å². The third-order valence-electron chi connectivity index (χ3n) is 4.60. The Morgan fingerprint density at radius 3 is 2.76 bits per heavy atom. The Kier molecular flexibility index (Phi) is 6.31. The minimum Gasteiger partial charge on any atom is -0.343 e. The number of carbonyl (C=O) groups is 2. The Labute approximate surface area is 151 Å². The van der Waals surface area contributed by atoms with Gasteiger partial charge in [-0.2, -0.15) is 0 Å². The quantitative estimate of drug-likeness (QED) is 0.840. The highest BCUT2D eigenvalue weighted by Gasteiger charge is 2.29. The zero-order chi connectivity index (χ0) is 17.6. The van der Waals surface area contributed by atoms with Gasteiger partial charge in [0, 0.05) is 37.7 Å². The van der Waals surface area contributed by atoms with Crippen LogP contribution >= 0.6 is 11.8 Å². The van der Waals surface area contributed by atoms with Crippen LogP contribution in [0.2, 0.25) is 0 Å². The molecule has 2 unspecified atom stereocenters. The molecule has 0 bridgehead atoms. The number of carbonyl (C=O) groups excluding carboxylic acids is 2. The molecule has 0 aromatic heterocycles. The van der Waals surface area contributed by atoms with E-state index >= 15 is 0 Å². The lowest BCUT2D eigenvalue weighted by Gasteiger charge is -2.33. The van der Waals surface area contributed by atoms with Gasteiger partial charge in [0.15, 0.2) is 0 Å². The van der Waals surface area contributed by atoms with Crippen LogP contribution < -0.4 is 10.6 Å². The SMILES string of the molecule is O=C1CC(CC(=O)N2CCCCC2)NC(SCc2ccccc2F)N1. The maximum atomic E-state index is 13.7. The van der Waals surface area contributed by atoms with Crippen molar-refractivity contribution in [1.29, 1.82) is 0 Å². The first-order valence-corrected chi connectivity index (χ1v) is 9.85. The predicted molar refractivity (Wildman–Crippen MR) is 96.2 cm³/mol. The number of likely N-dealkylation sites (tertiary alicyclic amines) is 1. The van der Waals surface area contributed by atoms with Gasteiger partial charge in [-0.3, -0.25) is 14.9 Å². The Hall–Kier alpha value is -1.60. The average Bonchev–Trinajstić information content (AvgIpc) is 2.61. The van der Waals surface area contributed by atoms with Gasteiger partial charge in [0.25, 0.3) is 0 Å². The number of nitrogens with zero attached hydrogens (tertiary/aromatic N) is 1. The van der Waals surface area contributed by atoms with Gasteiger partial charge in [-0.1, -0.05) is 18.2 Å². The summed E-state index contributed by atoms with van der Waals surface area (Å²) in [6, 6.07) is 6.47. The molecule has 2 aliphatic heterocycles. The summed E-state index contributed by atoms with van der Waals surface area (Å²) in [5.74, 6) is 0.261. The van der Waals surface area contributed by atoms with Crippen LogP contribution in [-0.2, 0) is 15.3 Å². The second-order valence-corrected chi connectivity index (χ2v) is 7.66. The number of nitrogens with one attached hydrogen (secondary N) is 2. The molecule has 1 aromatic carbocycles. The fourth-order valence-corrected chi connectivity index (χ4v) is 4.32. The Morgan fingerprint density at radius 1 is 1.24 bits per heavy atom. The van der Waals surface area contributed by atoms with Gasteiger partial charge < -0.3 is 10.2 Å². The van der Waals surface area contributed by atoms with Crippen LogP contribution in [0.15, 0.2) is 24.3 Å². The van der Waals surface area contributed by atoms with E-state index < -0.39 is 0 Å². The molecular formula is C18H24FN3O2S. The molecule has 0 spiro atoms. The van der Waals surface area contributed by atoms with E-state index in [9.17, 15) is 14.0 Å². The summed E-state index contributed by atoms with van der Waals surface area (Å²) in [7, 11) is 0. The molecule has 2 saturated heterocycles. The topological polar surface area (TPSA) is 61.4 Å². The molecule has 5 nitrogen and oxygen atoms in total. The molecule has 7 heteroatoms. The Balaban J connectivity index is 1.51. The van der Waals surface area contributed by atoms with Crippen LogP contribution in [0.3, 0.4) is 0 Å². The van der Waals surface area contributed by atoms with Crippen molar-refractivity contribution in [3.05, 3.63) is 35.6 Å². The first-order valence-electron chi connectivity index (χ1n) is 8.80. The summed E-state index contributed by atoms with van der Waals surface area (Å²) >= 11 is 1.43. The van der Waals surface area contributed by atoms with E-state index in [1.165, 1.54) is 24.2 Å². The number of hydrogen-bond donors (Lipinski definition) is 2. The van der Waals surface area contributed by atoms with Crippen molar-refractivity contribution < 1.29 is 14.0 Å². The lowest BCUT2D eigenvalue weighted by atomic mass is 10.1. The highest BCUT2D eigenvalue weighted by molar-refractivity contribution is 7.99. The molecule has 2 N–H and O–H groups in total. The van der Waals surface area contributed by atoms with E-state index in [4.69, 9.17) is 0 Å². The van der Waals surface area contributed by atoms with Crippen LogP contribution in [0.4, 0.5) is 4.39 Å². The number of amides is 2. The summed E-state index contributed by atoms with van der Waals surface area (Å²) < 4.78 is 13.7. The molecule has 2 fully saturated rings. The van der Waals surface area contributed by atoms with Crippen molar-refractivity contribution in [2.45, 2.75) is 49.4 Å². The number of hydrogen-bond acceptors (Lipinski definition) is 4. The van der Waals surface area contributed by atoms with Gasteiger partial charge in [-0.05, 0) is 30.9 Å². The van der Waals surface area contributed by atoms with Crippen LogP contribution in [0, 0.1) is 5.82 Å². The third-order valence-corrected chi connectivity index (χ3v) is 5.67. The smallest absolute Gasteiger partial charge is 0.224 e. The average molecular weight is 365 g/mol. The molecule has 2 atom stereocenters. The van der Waals surface area contributed by atoms with Crippen LogP contribution in [0.5, 0.6) is 0 Å². The number of halogens is 1. The van der Waals surface area contributed by atoms with Crippen molar-refractivity contribution in [3.8, 4) is 0 Å². The van der Waals surface area contributed by atoms with Gasteiger partial charge >= 0.3 is 0 Å². The molecule has 136 valence electrons. The number of rotatable bonds is 5. The molecule has 3 rings (SSSR count). The van der Waals surface area contributed by atoms with Gasteiger partial charge in [0.1, 0.15) is 11.3 Å². The van der Waals surface area contributed by atoms with Crippen molar-refractivity contribution in [1.82, 2.24) is 15.5 Å². The Morgan fingerprint density at radius 2 is 2.00 bits per heavy atom. The molecule has 0 aliphatic carbocycles. The summed E-state index contributed by atoms with van der Waals surface area (Å²) in [5.41, 5.74) is 0.301. The van der Waals surface area contributed by atoms with Gasteiger partial charge in [-0.15, -0.1) is 11.8 Å². The first-order chi connectivity index (χ1) is 12.1. The molecule has 2 amide bonds. The van der Waals surface area contributed by atoms with Crippen molar-refractivity contribution in [2.75, 3.05) is 13.1 Å². The van der Waals surface area contributed by atoms with Gasteiger partial charge in [-0.25, -0.2) is 4.39 Å². The fraction of sp³-hybridized carbons (Fsp3) is 0.556. The summed E-state index contributed by atoms with van der Waals surface area (Å²) in [4.78, 5) is 26.3. The summed E-state index contributed by atoms with van der Waals surface area (Å²) in [6.45, 7) is 1.65. The minimum absolute atomic E-state index is 0.0683. The van der Waals surface area contributed by atoms with E-state index in [2.05, 4.69) is 10.6 Å². The standard InChI is InChI=1S/C18H24FN3O2S/c19-15-7-3-2-6-13(15)12-25-18-20-14(10-16(23)21-18)11-17(24)22-8-4-1-5-9-22/h2-3,6-7,14,18,20H,1,4-5,8-12H2,(H,21,23). The van der Waals surface area contributed by atoms with Crippen molar-refractivity contribution in [3.63, 3.8) is 0 Å².